The molecule has 3 aromatic rings. The van der Waals surface area contributed by atoms with Crippen LogP contribution in [0.1, 0.15) is 11.1 Å². The number of rotatable bonds is 9. The van der Waals surface area contributed by atoms with Gasteiger partial charge in [-0.2, -0.15) is 0 Å². The molecule has 0 radical (unpaired) electrons. The summed E-state index contributed by atoms with van der Waals surface area (Å²) in [7, 11) is 1.82. The van der Waals surface area contributed by atoms with E-state index in [1.165, 1.54) is 6.07 Å². The molecule has 28 heavy (non-hydrogen) atoms. The molecular weight excluding hydrogens is 469 g/mol. The van der Waals surface area contributed by atoms with Gasteiger partial charge in [-0.1, -0.05) is 45.9 Å². The molecule has 6 nitrogen and oxygen atoms in total. The van der Waals surface area contributed by atoms with Gasteiger partial charge in [0.2, 0.25) is 5.16 Å². The summed E-state index contributed by atoms with van der Waals surface area (Å²) in [6.45, 7) is 1.62. The highest BCUT2D eigenvalue weighted by molar-refractivity contribution is 9.10. The van der Waals surface area contributed by atoms with Gasteiger partial charge in [0, 0.05) is 41.5 Å². The molecule has 0 saturated heterocycles. The molecule has 0 saturated carbocycles. The molecule has 0 unspecified atom stereocenters. The Labute approximate surface area is 181 Å². The lowest BCUT2D eigenvalue weighted by molar-refractivity contribution is -0.00000654. The Morgan fingerprint density at radius 2 is 2.04 bits per heavy atom. The van der Waals surface area contributed by atoms with Crippen LogP contribution in [0.25, 0.3) is 0 Å². The van der Waals surface area contributed by atoms with Gasteiger partial charge in [-0.3, -0.25) is 0 Å². The van der Waals surface area contributed by atoms with E-state index in [1.54, 1.807) is 34.6 Å². The fourth-order valence-electron chi connectivity index (χ4n) is 2.38. The Morgan fingerprint density at radius 1 is 1.21 bits per heavy atom. The van der Waals surface area contributed by atoms with Crippen LogP contribution >= 0.6 is 27.7 Å². The molecule has 10 heteroatoms. The van der Waals surface area contributed by atoms with Crippen molar-refractivity contribution in [3.8, 4) is 5.75 Å². The molecule has 0 aliphatic carbocycles. The van der Waals surface area contributed by atoms with Gasteiger partial charge in [0.25, 0.3) is 0 Å². The molecular formula is C18H19BrClFN5OS-. The zero-order valence-corrected chi connectivity index (χ0v) is 18.3. The number of aryl methyl sites for hydroxylation is 1. The van der Waals surface area contributed by atoms with E-state index < -0.39 is 0 Å². The van der Waals surface area contributed by atoms with E-state index in [-0.39, 0.29) is 24.8 Å². The van der Waals surface area contributed by atoms with E-state index in [2.05, 4.69) is 36.8 Å². The maximum atomic E-state index is 13.8. The van der Waals surface area contributed by atoms with Crippen LogP contribution in [0, 0.1) is 5.82 Å². The first kappa shape index (κ1) is 22.6. The molecule has 0 bridgehead atoms. The first-order valence-corrected chi connectivity index (χ1v) is 10.1. The molecule has 1 heterocycles. The van der Waals surface area contributed by atoms with Crippen LogP contribution in [0.2, 0.25) is 0 Å². The fourth-order valence-corrected chi connectivity index (χ4v) is 3.53. The molecule has 0 amide bonds. The van der Waals surface area contributed by atoms with Crippen LogP contribution < -0.4 is 22.5 Å². The topological polar surface area (TPSA) is 64.9 Å². The molecule has 2 aromatic carbocycles. The normalized spacial score (nSPS) is 10.5. The Kier molecular flexibility index (Phi) is 9.17. The summed E-state index contributed by atoms with van der Waals surface area (Å²) in [5.41, 5.74) is 1.54. The third kappa shape index (κ3) is 6.44. The molecule has 3 rings (SSSR count). The third-order valence-electron chi connectivity index (χ3n) is 3.77. The number of nitrogens with zero attached hydrogens (tertiary/aromatic N) is 4. The van der Waals surface area contributed by atoms with Crippen molar-refractivity contribution in [2.24, 2.45) is 7.05 Å². The largest absolute Gasteiger partial charge is 1.00 e. The Hall–Kier alpha value is -1.68. The van der Waals surface area contributed by atoms with Gasteiger partial charge < -0.3 is 22.5 Å². The number of tetrazole rings is 1. The van der Waals surface area contributed by atoms with Crippen molar-refractivity contribution < 1.29 is 21.5 Å². The van der Waals surface area contributed by atoms with Crippen molar-refractivity contribution >= 4 is 27.7 Å². The van der Waals surface area contributed by atoms with Crippen molar-refractivity contribution in [1.82, 2.24) is 25.5 Å². The van der Waals surface area contributed by atoms with E-state index in [9.17, 15) is 4.39 Å². The Morgan fingerprint density at radius 3 is 2.79 bits per heavy atom. The maximum Gasteiger partial charge on any atom is 0.209 e. The first-order chi connectivity index (χ1) is 13.1. The minimum atomic E-state index is -0.260. The van der Waals surface area contributed by atoms with E-state index in [1.807, 2.05) is 25.2 Å². The minimum Gasteiger partial charge on any atom is -1.00 e. The maximum absolute atomic E-state index is 13.8. The zero-order chi connectivity index (χ0) is 19.1. The lowest BCUT2D eigenvalue weighted by atomic mass is 10.2. The predicted octanol–water partition coefficient (Wildman–Crippen LogP) is 0.577. The molecule has 0 aliphatic rings. The fraction of sp³-hybridized carbons (Fsp3) is 0.278. The first-order valence-electron chi connectivity index (χ1n) is 8.34. The monoisotopic (exact) mass is 486 g/mol. The standard InChI is InChI=1S/C18H19BrFN5OS.ClH/c1-25-18(22-23-24-25)27-9-8-21-11-14-10-15(19)6-7-17(14)26-12-13-4-2-3-5-16(13)20;/h2-7,10,21H,8-9,11-12H2,1H3;1H/p-1. The molecule has 150 valence electrons. The zero-order valence-electron chi connectivity index (χ0n) is 15.1. The number of hydrogen-bond donors (Lipinski definition) is 1. The van der Waals surface area contributed by atoms with Crippen molar-refractivity contribution in [3.05, 3.63) is 63.9 Å². The highest BCUT2D eigenvalue weighted by atomic mass is 79.9. The lowest BCUT2D eigenvalue weighted by Crippen LogP contribution is -3.00. The van der Waals surface area contributed by atoms with E-state index >= 15 is 0 Å². The number of halogens is 3. The van der Waals surface area contributed by atoms with Crippen molar-refractivity contribution in [3.63, 3.8) is 0 Å². The lowest BCUT2D eigenvalue weighted by Gasteiger charge is -2.13. The second-order valence-corrected chi connectivity index (χ2v) is 7.72. The van der Waals surface area contributed by atoms with Crippen molar-refractivity contribution in [2.45, 2.75) is 18.3 Å². The predicted molar refractivity (Wildman–Crippen MR) is 106 cm³/mol. The quantitative estimate of drug-likeness (QED) is 0.352. The number of aromatic nitrogens is 4. The van der Waals surface area contributed by atoms with Gasteiger partial charge in [0.1, 0.15) is 18.2 Å². The van der Waals surface area contributed by atoms with Gasteiger partial charge in [-0.25, -0.2) is 9.07 Å². The second-order valence-electron chi connectivity index (χ2n) is 5.74. The molecule has 0 atom stereocenters. The minimum absolute atomic E-state index is 0. The Bertz CT molecular complexity index is 898. The van der Waals surface area contributed by atoms with Crippen LogP contribution in [0.5, 0.6) is 5.75 Å². The summed E-state index contributed by atoms with van der Waals surface area (Å²) < 4.78 is 22.2. The smallest absolute Gasteiger partial charge is 0.209 e. The molecule has 1 N–H and O–H groups in total. The summed E-state index contributed by atoms with van der Waals surface area (Å²) in [4.78, 5) is 0. The number of benzene rings is 2. The molecule has 0 aliphatic heterocycles. The summed E-state index contributed by atoms with van der Waals surface area (Å²) in [5.74, 6) is 1.32. The summed E-state index contributed by atoms with van der Waals surface area (Å²) in [6, 6.07) is 12.4. The van der Waals surface area contributed by atoms with Gasteiger partial charge in [0.05, 0.1) is 0 Å². The SMILES string of the molecule is Cn1nnnc1SCCNCc1cc(Br)ccc1OCc1ccccc1F.[Cl-]. The van der Waals surface area contributed by atoms with Crippen molar-refractivity contribution in [1.29, 1.82) is 0 Å². The number of hydrogen-bond acceptors (Lipinski definition) is 6. The van der Waals surface area contributed by atoms with Crippen LogP contribution in [0.4, 0.5) is 4.39 Å². The van der Waals surface area contributed by atoms with E-state index in [0.717, 1.165) is 33.2 Å². The van der Waals surface area contributed by atoms with Gasteiger partial charge in [-0.05, 0) is 34.7 Å². The number of thioether (sulfide) groups is 1. The highest BCUT2D eigenvalue weighted by Crippen LogP contribution is 2.24. The highest BCUT2D eigenvalue weighted by Gasteiger charge is 2.08. The van der Waals surface area contributed by atoms with Crippen molar-refractivity contribution in [2.75, 3.05) is 12.3 Å². The third-order valence-corrected chi connectivity index (χ3v) is 5.28. The average Bonchev–Trinajstić information content (AvgIpc) is 3.07. The van der Waals surface area contributed by atoms with Gasteiger partial charge in [-0.15, -0.1) is 5.10 Å². The summed E-state index contributed by atoms with van der Waals surface area (Å²) in [5, 5.41) is 15.5. The van der Waals surface area contributed by atoms with E-state index in [4.69, 9.17) is 4.74 Å². The molecule has 0 fully saturated rings. The Balaban J connectivity index is 0.00000280. The number of ether oxygens (including phenoxy) is 1. The molecule has 0 spiro atoms. The van der Waals surface area contributed by atoms with Gasteiger partial charge >= 0.3 is 0 Å². The molecule has 1 aromatic heterocycles. The average molecular weight is 488 g/mol. The van der Waals surface area contributed by atoms with Crippen LogP contribution in [0.15, 0.2) is 52.1 Å². The van der Waals surface area contributed by atoms with Crippen LogP contribution in [-0.2, 0) is 20.2 Å². The number of nitrogens with one attached hydrogen (secondary N) is 1. The van der Waals surface area contributed by atoms with Gasteiger partial charge in [0.15, 0.2) is 0 Å². The summed E-state index contributed by atoms with van der Waals surface area (Å²) >= 11 is 5.08. The van der Waals surface area contributed by atoms with Crippen LogP contribution in [0.3, 0.4) is 0 Å². The van der Waals surface area contributed by atoms with Crippen LogP contribution in [-0.4, -0.2) is 32.5 Å². The second kappa shape index (κ2) is 11.4. The van der Waals surface area contributed by atoms with E-state index in [0.29, 0.717) is 12.1 Å². The summed E-state index contributed by atoms with van der Waals surface area (Å²) in [6.07, 6.45) is 0.